The highest BCUT2D eigenvalue weighted by Crippen LogP contribution is 2.36. The summed E-state index contributed by atoms with van der Waals surface area (Å²) in [7, 11) is 3.46. The van der Waals surface area contributed by atoms with Gasteiger partial charge in [0.2, 0.25) is 5.91 Å². The lowest BCUT2D eigenvalue weighted by atomic mass is 10.2. The molecule has 2 aliphatic heterocycles. The van der Waals surface area contributed by atoms with E-state index in [4.69, 9.17) is 19.0 Å². The SMILES string of the molecule is COCCON=C1COc2cc(N3C[C@H](CNC(C)=O)OC3=O)ccc2N1C. The van der Waals surface area contributed by atoms with Crippen LogP contribution in [-0.2, 0) is 19.1 Å². The van der Waals surface area contributed by atoms with E-state index in [-0.39, 0.29) is 25.2 Å². The van der Waals surface area contributed by atoms with Gasteiger partial charge in [0, 0.05) is 27.1 Å². The number of nitrogens with zero attached hydrogens (tertiary/aromatic N) is 3. The van der Waals surface area contributed by atoms with E-state index in [0.717, 1.165) is 5.69 Å². The first-order valence-corrected chi connectivity index (χ1v) is 8.90. The highest BCUT2D eigenvalue weighted by Gasteiger charge is 2.33. The third-order valence-electron chi connectivity index (χ3n) is 4.36. The Morgan fingerprint density at radius 2 is 2.21 bits per heavy atom. The second-order valence-corrected chi connectivity index (χ2v) is 6.39. The van der Waals surface area contributed by atoms with Crippen LogP contribution in [0.15, 0.2) is 23.4 Å². The molecule has 0 saturated carbocycles. The number of cyclic esters (lactones) is 1. The first kappa shape index (κ1) is 19.7. The maximum absolute atomic E-state index is 12.2. The van der Waals surface area contributed by atoms with E-state index in [1.54, 1.807) is 13.2 Å². The van der Waals surface area contributed by atoms with Gasteiger partial charge in [0.25, 0.3) is 0 Å². The molecule has 1 fully saturated rings. The second kappa shape index (κ2) is 8.79. The van der Waals surface area contributed by atoms with Crippen LogP contribution >= 0.6 is 0 Å². The number of fused-ring (bicyclic) bond motifs is 1. The summed E-state index contributed by atoms with van der Waals surface area (Å²) in [6.45, 7) is 3.12. The summed E-state index contributed by atoms with van der Waals surface area (Å²) < 4.78 is 16.0. The summed E-state index contributed by atoms with van der Waals surface area (Å²) in [5.74, 6) is 1.10. The summed E-state index contributed by atoms with van der Waals surface area (Å²) in [6, 6.07) is 5.45. The van der Waals surface area contributed by atoms with Crippen molar-refractivity contribution in [2.45, 2.75) is 13.0 Å². The van der Waals surface area contributed by atoms with Gasteiger partial charge in [-0.2, -0.15) is 0 Å². The summed E-state index contributed by atoms with van der Waals surface area (Å²) in [5.41, 5.74) is 1.48. The number of nitrogens with one attached hydrogen (secondary N) is 1. The Balaban J connectivity index is 1.68. The average Bonchev–Trinajstić information content (AvgIpc) is 3.05. The Kier molecular flexibility index (Phi) is 6.19. The number of carbonyl (C=O) groups excluding carboxylic acids is 2. The largest absolute Gasteiger partial charge is 0.483 e. The molecule has 0 radical (unpaired) electrons. The van der Waals surface area contributed by atoms with Crippen molar-refractivity contribution in [3.63, 3.8) is 0 Å². The number of hydrogen-bond donors (Lipinski definition) is 1. The fourth-order valence-corrected chi connectivity index (χ4v) is 2.87. The number of benzene rings is 1. The Labute approximate surface area is 162 Å². The van der Waals surface area contributed by atoms with E-state index in [2.05, 4.69) is 10.5 Å². The van der Waals surface area contributed by atoms with Gasteiger partial charge in [-0.3, -0.25) is 9.69 Å². The Bertz CT molecular complexity index is 768. The van der Waals surface area contributed by atoms with Gasteiger partial charge in [0.05, 0.1) is 31.1 Å². The molecule has 0 aliphatic carbocycles. The van der Waals surface area contributed by atoms with Crippen LogP contribution in [0.2, 0.25) is 0 Å². The van der Waals surface area contributed by atoms with Crippen molar-refractivity contribution in [3.05, 3.63) is 18.2 Å². The van der Waals surface area contributed by atoms with Crippen LogP contribution in [0.3, 0.4) is 0 Å². The number of amidine groups is 1. The smallest absolute Gasteiger partial charge is 0.414 e. The predicted octanol–water partition coefficient (Wildman–Crippen LogP) is 0.953. The summed E-state index contributed by atoms with van der Waals surface area (Å²) >= 11 is 0. The molecule has 1 aromatic carbocycles. The fraction of sp³-hybridized carbons (Fsp3) is 0.500. The number of hydrogen-bond acceptors (Lipinski definition) is 7. The van der Waals surface area contributed by atoms with Crippen molar-refractivity contribution in [1.29, 1.82) is 0 Å². The quantitative estimate of drug-likeness (QED) is 0.544. The highest BCUT2D eigenvalue weighted by atomic mass is 16.6. The van der Waals surface area contributed by atoms with Crippen LogP contribution in [0.4, 0.5) is 16.2 Å². The molecule has 0 bridgehead atoms. The van der Waals surface area contributed by atoms with Gasteiger partial charge in [-0.1, -0.05) is 5.16 Å². The van der Waals surface area contributed by atoms with Crippen molar-refractivity contribution >= 4 is 29.2 Å². The molecule has 10 nitrogen and oxygen atoms in total. The zero-order valence-electron chi connectivity index (χ0n) is 16.1. The van der Waals surface area contributed by atoms with Crippen molar-refractivity contribution in [1.82, 2.24) is 5.32 Å². The molecule has 152 valence electrons. The minimum Gasteiger partial charge on any atom is -0.483 e. The standard InChI is InChI=1S/C18H24N4O6/c1-12(23)19-9-14-10-22(18(24)28-14)13-4-5-15-16(8-13)26-11-17(21(15)2)20-27-7-6-25-3/h4-5,8,14H,6-7,9-11H2,1-3H3,(H,19,23)/t14-/m0/s1. The van der Waals surface area contributed by atoms with E-state index in [0.29, 0.717) is 37.0 Å². The van der Waals surface area contributed by atoms with E-state index >= 15 is 0 Å². The number of oxime groups is 1. The van der Waals surface area contributed by atoms with E-state index in [1.165, 1.54) is 11.8 Å². The van der Waals surface area contributed by atoms with E-state index in [1.807, 2.05) is 24.1 Å². The molecule has 0 aromatic heterocycles. The molecule has 1 atom stereocenters. The molecular formula is C18H24N4O6. The minimum atomic E-state index is -0.451. The van der Waals surface area contributed by atoms with Crippen LogP contribution < -0.4 is 19.9 Å². The van der Waals surface area contributed by atoms with Crippen molar-refractivity contribution in [3.8, 4) is 5.75 Å². The number of ether oxygens (including phenoxy) is 3. The third-order valence-corrected chi connectivity index (χ3v) is 4.36. The molecular weight excluding hydrogens is 368 g/mol. The highest BCUT2D eigenvalue weighted by molar-refractivity contribution is 6.01. The summed E-state index contributed by atoms with van der Waals surface area (Å²) in [6.07, 6.45) is -0.840. The number of likely N-dealkylation sites (N-methyl/N-ethyl adjacent to an activating group) is 1. The Morgan fingerprint density at radius 1 is 1.39 bits per heavy atom. The first-order chi connectivity index (χ1) is 13.5. The first-order valence-electron chi connectivity index (χ1n) is 8.90. The predicted molar refractivity (Wildman–Crippen MR) is 102 cm³/mol. The number of rotatable bonds is 7. The van der Waals surface area contributed by atoms with Gasteiger partial charge >= 0.3 is 6.09 Å². The number of amides is 2. The number of anilines is 2. The molecule has 28 heavy (non-hydrogen) atoms. The van der Waals surface area contributed by atoms with Gasteiger partial charge in [0.15, 0.2) is 5.84 Å². The molecule has 1 N–H and O–H groups in total. The van der Waals surface area contributed by atoms with E-state index < -0.39 is 6.09 Å². The lowest BCUT2D eigenvalue weighted by Gasteiger charge is -2.29. The summed E-state index contributed by atoms with van der Waals surface area (Å²) in [5, 5.41) is 6.73. The van der Waals surface area contributed by atoms with Crippen molar-refractivity contribution in [2.24, 2.45) is 5.16 Å². The van der Waals surface area contributed by atoms with Gasteiger partial charge in [-0.05, 0) is 12.1 Å². The maximum Gasteiger partial charge on any atom is 0.414 e. The van der Waals surface area contributed by atoms with Crippen molar-refractivity contribution < 1.29 is 28.6 Å². The summed E-state index contributed by atoms with van der Waals surface area (Å²) in [4.78, 5) is 31.8. The van der Waals surface area contributed by atoms with Crippen LogP contribution in [0.5, 0.6) is 5.75 Å². The average molecular weight is 392 g/mol. The molecule has 2 heterocycles. The van der Waals surface area contributed by atoms with Crippen LogP contribution in [0.25, 0.3) is 0 Å². The number of methoxy groups -OCH3 is 1. The Morgan fingerprint density at radius 3 is 2.96 bits per heavy atom. The van der Waals surface area contributed by atoms with E-state index in [9.17, 15) is 9.59 Å². The van der Waals surface area contributed by atoms with Gasteiger partial charge in [0.1, 0.15) is 25.1 Å². The zero-order valence-corrected chi connectivity index (χ0v) is 16.1. The fourth-order valence-electron chi connectivity index (χ4n) is 2.87. The van der Waals surface area contributed by atoms with Crippen LogP contribution in [0.1, 0.15) is 6.92 Å². The van der Waals surface area contributed by atoms with Gasteiger partial charge in [-0.15, -0.1) is 0 Å². The molecule has 2 aliphatic rings. The van der Waals surface area contributed by atoms with Gasteiger partial charge in [-0.25, -0.2) is 4.79 Å². The lowest BCUT2D eigenvalue weighted by Crippen LogP contribution is -2.36. The number of carbonyl (C=O) groups is 2. The normalized spacial score (nSPS) is 19.9. The minimum absolute atomic E-state index is 0.164. The van der Waals surface area contributed by atoms with Gasteiger partial charge < -0.3 is 29.3 Å². The maximum atomic E-state index is 12.2. The van der Waals surface area contributed by atoms with Crippen LogP contribution in [0, 0.1) is 0 Å². The molecule has 2 amide bonds. The molecule has 10 heteroatoms. The molecule has 1 aromatic rings. The molecule has 0 unspecified atom stereocenters. The molecule has 1 saturated heterocycles. The lowest BCUT2D eigenvalue weighted by molar-refractivity contribution is -0.119. The zero-order chi connectivity index (χ0) is 20.1. The van der Waals surface area contributed by atoms with Crippen LogP contribution in [-0.4, -0.2) is 71.0 Å². The Hall–Kier alpha value is -3.01. The molecule has 3 rings (SSSR count). The van der Waals surface area contributed by atoms with Crippen molar-refractivity contribution in [2.75, 3.05) is 56.9 Å². The topological polar surface area (TPSA) is 102 Å². The third kappa shape index (κ3) is 4.45. The second-order valence-electron chi connectivity index (χ2n) is 6.39. The molecule has 0 spiro atoms. The monoisotopic (exact) mass is 392 g/mol.